The van der Waals surface area contributed by atoms with Crippen molar-refractivity contribution in [3.8, 4) is 0 Å². The first-order valence-corrected chi connectivity index (χ1v) is 6.28. The van der Waals surface area contributed by atoms with E-state index in [1.54, 1.807) is 11.8 Å². The molecule has 2 aliphatic rings. The summed E-state index contributed by atoms with van der Waals surface area (Å²) in [5.74, 6) is 2.09. The van der Waals surface area contributed by atoms with Gasteiger partial charge in [0.15, 0.2) is 0 Å². The van der Waals surface area contributed by atoms with Gasteiger partial charge in [0, 0.05) is 30.8 Å². The Balaban J connectivity index is 1.85. The average molecular weight is 215 g/mol. The van der Waals surface area contributed by atoms with Gasteiger partial charge in [-0.3, -0.25) is 10.1 Å². The van der Waals surface area contributed by atoms with E-state index in [0.717, 1.165) is 37.6 Å². The number of hydrogen-bond donors (Lipinski definition) is 2. The number of piperidine rings is 1. The minimum absolute atomic E-state index is 0.0503. The van der Waals surface area contributed by atoms with Crippen LogP contribution in [-0.4, -0.2) is 47.6 Å². The van der Waals surface area contributed by atoms with Crippen molar-refractivity contribution in [1.29, 1.82) is 0 Å². The third kappa shape index (κ3) is 2.21. The minimum Gasteiger partial charge on any atom is -0.341 e. The van der Waals surface area contributed by atoms with E-state index in [1.165, 1.54) is 0 Å². The van der Waals surface area contributed by atoms with E-state index < -0.39 is 0 Å². The van der Waals surface area contributed by atoms with E-state index in [-0.39, 0.29) is 11.9 Å². The molecule has 2 aliphatic heterocycles. The molecule has 0 aromatic heterocycles. The minimum atomic E-state index is 0.0503. The number of rotatable bonds is 1. The van der Waals surface area contributed by atoms with Crippen LogP contribution < -0.4 is 11.1 Å². The van der Waals surface area contributed by atoms with Crippen LogP contribution in [0.15, 0.2) is 0 Å². The zero-order valence-corrected chi connectivity index (χ0v) is 9.05. The van der Waals surface area contributed by atoms with Crippen molar-refractivity contribution in [2.75, 3.05) is 24.7 Å². The molecule has 2 fully saturated rings. The number of carbonyl (C=O) groups is 1. The van der Waals surface area contributed by atoms with Crippen molar-refractivity contribution in [3.63, 3.8) is 0 Å². The van der Waals surface area contributed by atoms with Gasteiger partial charge in [0.1, 0.15) is 0 Å². The highest BCUT2D eigenvalue weighted by atomic mass is 32.2. The van der Waals surface area contributed by atoms with Gasteiger partial charge in [0.05, 0.1) is 6.04 Å². The van der Waals surface area contributed by atoms with Crippen LogP contribution in [0.4, 0.5) is 0 Å². The maximum Gasteiger partial charge on any atom is 0.240 e. The Morgan fingerprint density at radius 3 is 2.71 bits per heavy atom. The van der Waals surface area contributed by atoms with Gasteiger partial charge >= 0.3 is 0 Å². The Morgan fingerprint density at radius 1 is 1.43 bits per heavy atom. The highest BCUT2D eigenvalue weighted by molar-refractivity contribution is 7.99. The number of amides is 1. The SMILES string of the molecule is NC1CCN(C(=O)C2CSCN2)CC1. The van der Waals surface area contributed by atoms with Gasteiger partial charge in [-0.1, -0.05) is 0 Å². The first-order chi connectivity index (χ1) is 6.77. The van der Waals surface area contributed by atoms with Crippen LogP contribution in [0.3, 0.4) is 0 Å². The fourth-order valence-corrected chi connectivity index (χ4v) is 2.83. The summed E-state index contributed by atoms with van der Waals surface area (Å²) in [6.45, 7) is 1.67. The van der Waals surface area contributed by atoms with Crippen molar-refractivity contribution >= 4 is 17.7 Å². The molecule has 1 amide bonds. The van der Waals surface area contributed by atoms with Gasteiger partial charge < -0.3 is 10.6 Å². The fraction of sp³-hybridized carbons (Fsp3) is 0.889. The summed E-state index contributed by atoms with van der Waals surface area (Å²) in [4.78, 5) is 13.9. The molecule has 0 spiro atoms. The molecule has 0 bridgehead atoms. The molecule has 1 unspecified atom stereocenters. The van der Waals surface area contributed by atoms with E-state index in [9.17, 15) is 4.79 Å². The topological polar surface area (TPSA) is 58.4 Å². The highest BCUT2D eigenvalue weighted by Gasteiger charge is 2.29. The highest BCUT2D eigenvalue weighted by Crippen LogP contribution is 2.15. The van der Waals surface area contributed by atoms with Crippen molar-refractivity contribution in [2.24, 2.45) is 5.73 Å². The second-order valence-corrected chi connectivity index (χ2v) is 4.96. The Morgan fingerprint density at radius 2 is 2.14 bits per heavy atom. The molecule has 0 aromatic carbocycles. The third-order valence-electron chi connectivity index (χ3n) is 2.87. The standard InChI is InChI=1S/C9H17N3OS/c10-7-1-3-12(4-2-7)9(13)8-5-14-6-11-8/h7-8,11H,1-6,10H2. The molecule has 0 aromatic rings. The van der Waals surface area contributed by atoms with Crippen molar-refractivity contribution in [2.45, 2.75) is 24.9 Å². The predicted molar refractivity (Wildman–Crippen MR) is 58.0 cm³/mol. The van der Waals surface area contributed by atoms with Crippen LogP contribution in [0.5, 0.6) is 0 Å². The predicted octanol–water partition coefficient (Wildman–Crippen LogP) is -0.401. The number of nitrogens with zero attached hydrogens (tertiary/aromatic N) is 1. The molecule has 1 atom stereocenters. The molecule has 80 valence electrons. The summed E-state index contributed by atoms with van der Waals surface area (Å²) in [6, 6.07) is 0.347. The third-order valence-corrected chi connectivity index (χ3v) is 3.81. The smallest absolute Gasteiger partial charge is 0.240 e. The Hall–Kier alpha value is -0.260. The maximum absolute atomic E-state index is 11.9. The number of carbonyl (C=O) groups excluding carboxylic acids is 1. The van der Waals surface area contributed by atoms with Crippen molar-refractivity contribution in [1.82, 2.24) is 10.2 Å². The summed E-state index contributed by atoms with van der Waals surface area (Å²) >= 11 is 1.79. The first kappa shape index (κ1) is 10.3. The van der Waals surface area contributed by atoms with E-state index >= 15 is 0 Å². The second-order valence-electron chi connectivity index (χ2n) is 3.93. The molecule has 2 saturated heterocycles. The molecule has 14 heavy (non-hydrogen) atoms. The number of nitrogens with two attached hydrogens (primary N) is 1. The van der Waals surface area contributed by atoms with Crippen LogP contribution in [-0.2, 0) is 4.79 Å². The quantitative estimate of drug-likeness (QED) is 0.625. The van der Waals surface area contributed by atoms with Gasteiger partial charge in [0.25, 0.3) is 0 Å². The lowest BCUT2D eigenvalue weighted by atomic mass is 10.1. The fourth-order valence-electron chi connectivity index (χ4n) is 1.89. The van der Waals surface area contributed by atoms with E-state index in [0.29, 0.717) is 6.04 Å². The number of thioether (sulfide) groups is 1. The lowest BCUT2D eigenvalue weighted by Gasteiger charge is -2.31. The molecule has 2 rings (SSSR count). The number of nitrogens with one attached hydrogen (secondary N) is 1. The molecule has 0 saturated carbocycles. The van der Waals surface area contributed by atoms with Gasteiger partial charge in [-0.05, 0) is 12.8 Å². The molecule has 5 heteroatoms. The second kappa shape index (κ2) is 4.51. The zero-order chi connectivity index (χ0) is 9.97. The van der Waals surface area contributed by atoms with E-state index in [2.05, 4.69) is 5.32 Å². The van der Waals surface area contributed by atoms with Gasteiger partial charge in [-0.15, -0.1) is 11.8 Å². The Labute approximate surface area is 88.6 Å². The summed E-state index contributed by atoms with van der Waals surface area (Å²) in [5.41, 5.74) is 5.79. The van der Waals surface area contributed by atoms with Gasteiger partial charge in [-0.25, -0.2) is 0 Å². The zero-order valence-electron chi connectivity index (χ0n) is 8.24. The van der Waals surface area contributed by atoms with Crippen LogP contribution in [0.25, 0.3) is 0 Å². The largest absolute Gasteiger partial charge is 0.341 e. The Kier molecular flexibility index (Phi) is 3.30. The van der Waals surface area contributed by atoms with Crippen LogP contribution >= 0.6 is 11.8 Å². The number of likely N-dealkylation sites (tertiary alicyclic amines) is 1. The Bertz CT molecular complexity index is 210. The van der Waals surface area contributed by atoms with Crippen molar-refractivity contribution in [3.05, 3.63) is 0 Å². The summed E-state index contributed by atoms with van der Waals surface area (Å²) in [5, 5.41) is 3.21. The number of hydrogen-bond acceptors (Lipinski definition) is 4. The molecule has 0 radical (unpaired) electrons. The van der Waals surface area contributed by atoms with Gasteiger partial charge in [-0.2, -0.15) is 0 Å². The van der Waals surface area contributed by atoms with Crippen LogP contribution in [0, 0.1) is 0 Å². The molecule has 3 N–H and O–H groups in total. The van der Waals surface area contributed by atoms with Crippen molar-refractivity contribution < 1.29 is 4.79 Å². The summed E-state index contributed by atoms with van der Waals surface area (Å²) < 4.78 is 0. The van der Waals surface area contributed by atoms with Crippen LogP contribution in [0.1, 0.15) is 12.8 Å². The van der Waals surface area contributed by atoms with Gasteiger partial charge in [0.2, 0.25) is 5.91 Å². The average Bonchev–Trinajstić information content (AvgIpc) is 2.71. The first-order valence-electron chi connectivity index (χ1n) is 5.13. The lowest BCUT2D eigenvalue weighted by Crippen LogP contribution is -2.49. The molecule has 0 aliphatic carbocycles. The normalized spacial score (nSPS) is 29.5. The van der Waals surface area contributed by atoms with E-state index in [4.69, 9.17) is 5.73 Å². The molecule has 2 heterocycles. The molecule has 4 nitrogen and oxygen atoms in total. The molecular weight excluding hydrogens is 198 g/mol. The monoisotopic (exact) mass is 215 g/mol. The summed E-state index contributed by atoms with van der Waals surface area (Å²) in [6.07, 6.45) is 1.90. The maximum atomic E-state index is 11.9. The van der Waals surface area contributed by atoms with E-state index in [1.807, 2.05) is 4.90 Å². The lowest BCUT2D eigenvalue weighted by molar-refractivity contribution is -0.133. The summed E-state index contributed by atoms with van der Waals surface area (Å²) in [7, 11) is 0. The van der Waals surface area contributed by atoms with Crippen LogP contribution in [0.2, 0.25) is 0 Å². The molecular formula is C9H17N3OS.